The van der Waals surface area contributed by atoms with Crippen LogP contribution in [0.4, 0.5) is 0 Å². The highest BCUT2D eigenvalue weighted by atomic mass is 32.2. The van der Waals surface area contributed by atoms with Crippen molar-refractivity contribution in [2.24, 2.45) is 5.73 Å². The summed E-state index contributed by atoms with van der Waals surface area (Å²) in [4.78, 5) is 0.232. The molecule has 19 heavy (non-hydrogen) atoms. The molecule has 1 saturated carbocycles. The molecule has 0 saturated heterocycles. The number of hydrogen-bond donors (Lipinski definition) is 2. The number of nitrogens with one attached hydrogen (secondary N) is 1. The van der Waals surface area contributed by atoms with Crippen molar-refractivity contribution in [3.05, 3.63) is 24.3 Å². The van der Waals surface area contributed by atoms with Gasteiger partial charge in [0.25, 0.3) is 0 Å². The van der Waals surface area contributed by atoms with Crippen LogP contribution in [0.2, 0.25) is 0 Å². The standard InChI is InChI=1S/C13H20N2O3S/c1-15-19(16,17)11-8-6-10(7-9-11)18-13-5-3-2-4-12(13)14/h6-9,12-13,15H,2-5,14H2,1H3. The Morgan fingerprint density at radius 1 is 1.21 bits per heavy atom. The zero-order valence-electron chi connectivity index (χ0n) is 11.0. The average Bonchev–Trinajstić information content (AvgIpc) is 2.42. The van der Waals surface area contributed by atoms with Crippen LogP contribution in [0.15, 0.2) is 29.2 Å². The van der Waals surface area contributed by atoms with Crippen LogP contribution in [0.25, 0.3) is 0 Å². The first kappa shape index (κ1) is 14.3. The summed E-state index contributed by atoms with van der Waals surface area (Å²) in [7, 11) is -2.00. The monoisotopic (exact) mass is 284 g/mol. The minimum Gasteiger partial charge on any atom is -0.489 e. The van der Waals surface area contributed by atoms with Gasteiger partial charge in [0, 0.05) is 6.04 Å². The van der Waals surface area contributed by atoms with Crippen LogP contribution < -0.4 is 15.2 Å². The molecule has 3 N–H and O–H groups in total. The SMILES string of the molecule is CNS(=O)(=O)c1ccc(OC2CCCCC2N)cc1. The number of sulfonamides is 1. The van der Waals surface area contributed by atoms with E-state index >= 15 is 0 Å². The maximum absolute atomic E-state index is 11.6. The summed E-state index contributed by atoms with van der Waals surface area (Å²) >= 11 is 0. The van der Waals surface area contributed by atoms with Gasteiger partial charge >= 0.3 is 0 Å². The van der Waals surface area contributed by atoms with E-state index in [1.54, 1.807) is 12.1 Å². The van der Waals surface area contributed by atoms with Crippen molar-refractivity contribution in [3.8, 4) is 5.75 Å². The summed E-state index contributed by atoms with van der Waals surface area (Å²) in [6, 6.07) is 6.48. The first-order valence-corrected chi connectivity index (χ1v) is 7.97. The van der Waals surface area contributed by atoms with Crippen molar-refractivity contribution in [2.75, 3.05) is 7.05 Å². The molecule has 0 aromatic heterocycles. The van der Waals surface area contributed by atoms with Crippen molar-refractivity contribution < 1.29 is 13.2 Å². The maximum atomic E-state index is 11.6. The van der Waals surface area contributed by atoms with Gasteiger partial charge in [-0.2, -0.15) is 0 Å². The zero-order valence-corrected chi connectivity index (χ0v) is 11.8. The summed E-state index contributed by atoms with van der Waals surface area (Å²) < 4.78 is 31.3. The van der Waals surface area contributed by atoms with Crippen LogP contribution >= 0.6 is 0 Å². The van der Waals surface area contributed by atoms with Crippen LogP contribution in [-0.2, 0) is 10.0 Å². The van der Waals surface area contributed by atoms with Gasteiger partial charge in [-0.3, -0.25) is 0 Å². The Morgan fingerprint density at radius 2 is 1.84 bits per heavy atom. The van der Waals surface area contributed by atoms with Gasteiger partial charge in [-0.1, -0.05) is 6.42 Å². The van der Waals surface area contributed by atoms with Crippen molar-refractivity contribution in [3.63, 3.8) is 0 Å². The zero-order chi connectivity index (χ0) is 13.9. The molecule has 0 heterocycles. The van der Waals surface area contributed by atoms with E-state index in [0.717, 1.165) is 25.7 Å². The van der Waals surface area contributed by atoms with E-state index in [2.05, 4.69) is 4.72 Å². The highest BCUT2D eigenvalue weighted by molar-refractivity contribution is 7.89. The van der Waals surface area contributed by atoms with Gasteiger partial charge in [0.1, 0.15) is 11.9 Å². The summed E-state index contributed by atoms with van der Waals surface area (Å²) in [5, 5.41) is 0. The minimum atomic E-state index is -3.39. The molecule has 0 radical (unpaired) electrons. The Labute approximate surface area is 114 Å². The van der Waals surface area contributed by atoms with E-state index in [-0.39, 0.29) is 17.0 Å². The predicted octanol–water partition coefficient (Wildman–Crippen LogP) is 1.24. The second kappa shape index (κ2) is 5.90. The van der Waals surface area contributed by atoms with E-state index in [4.69, 9.17) is 10.5 Å². The highest BCUT2D eigenvalue weighted by Crippen LogP contribution is 2.23. The summed E-state index contributed by atoms with van der Waals surface area (Å²) in [5.74, 6) is 0.664. The maximum Gasteiger partial charge on any atom is 0.240 e. The van der Waals surface area contributed by atoms with Crippen molar-refractivity contribution in [1.82, 2.24) is 4.72 Å². The molecule has 1 aromatic carbocycles. The summed E-state index contributed by atoms with van der Waals surface area (Å²) in [6.07, 6.45) is 4.25. The predicted molar refractivity (Wildman–Crippen MR) is 73.5 cm³/mol. The van der Waals surface area contributed by atoms with E-state index < -0.39 is 10.0 Å². The van der Waals surface area contributed by atoms with Gasteiger partial charge in [-0.15, -0.1) is 0 Å². The normalized spacial score (nSPS) is 24.1. The lowest BCUT2D eigenvalue weighted by Gasteiger charge is -2.29. The molecule has 0 bridgehead atoms. The van der Waals surface area contributed by atoms with Gasteiger partial charge in [-0.05, 0) is 50.6 Å². The molecule has 0 spiro atoms. The third-order valence-electron chi connectivity index (χ3n) is 3.44. The Morgan fingerprint density at radius 3 is 2.42 bits per heavy atom. The fourth-order valence-corrected chi connectivity index (χ4v) is 2.99. The second-order valence-electron chi connectivity index (χ2n) is 4.78. The molecular weight excluding hydrogens is 264 g/mol. The minimum absolute atomic E-state index is 0.0282. The molecule has 2 atom stereocenters. The van der Waals surface area contributed by atoms with Crippen LogP contribution in [0.1, 0.15) is 25.7 Å². The van der Waals surface area contributed by atoms with Gasteiger partial charge < -0.3 is 10.5 Å². The lowest BCUT2D eigenvalue weighted by molar-refractivity contribution is 0.132. The average molecular weight is 284 g/mol. The van der Waals surface area contributed by atoms with E-state index in [9.17, 15) is 8.42 Å². The molecule has 0 aliphatic heterocycles. The topological polar surface area (TPSA) is 81.4 Å². The van der Waals surface area contributed by atoms with Crippen molar-refractivity contribution in [2.45, 2.75) is 42.7 Å². The number of ether oxygens (including phenoxy) is 1. The third kappa shape index (κ3) is 3.46. The quantitative estimate of drug-likeness (QED) is 0.871. The molecule has 0 amide bonds. The Hall–Kier alpha value is -1.11. The van der Waals surface area contributed by atoms with Crippen LogP contribution in [0.3, 0.4) is 0 Å². The number of rotatable bonds is 4. The highest BCUT2D eigenvalue weighted by Gasteiger charge is 2.23. The lowest BCUT2D eigenvalue weighted by Crippen LogP contribution is -2.41. The Balaban J connectivity index is 2.06. The second-order valence-corrected chi connectivity index (χ2v) is 6.67. The van der Waals surface area contributed by atoms with Crippen molar-refractivity contribution in [1.29, 1.82) is 0 Å². The molecule has 1 aromatic rings. The number of nitrogens with two attached hydrogens (primary N) is 1. The van der Waals surface area contributed by atoms with E-state index in [0.29, 0.717) is 5.75 Å². The number of hydrogen-bond acceptors (Lipinski definition) is 4. The Kier molecular flexibility index (Phi) is 4.44. The smallest absolute Gasteiger partial charge is 0.240 e. The molecular formula is C13H20N2O3S. The molecule has 1 aliphatic rings. The fraction of sp³-hybridized carbons (Fsp3) is 0.538. The largest absolute Gasteiger partial charge is 0.489 e. The first-order chi connectivity index (χ1) is 9.03. The summed E-state index contributed by atoms with van der Waals surface area (Å²) in [6.45, 7) is 0. The van der Waals surface area contributed by atoms with Gasteiger partial charge in [0.2, 0.25) is 10.0 Å². The fourth-order valence-electron chi connectivity index (χ4n) is 2.26. The van der Waals surface area contributed by atoms with E-state index in [1.165, 1.54) is 19.2 Å². The molecule has 2 rings (SSSR count). The third-order valence-corrected chi connectivity index (χ3v) is 4.87. The molecule has 2 unspecified atom stereocenters. The molecule has 1 fully saturated rings. The van der Waals surface area contributed by atoms with Gasteiger partial charge in [0.15, 0.2) is 0 Å². The molecule has 5 nitrogen and oxygen atoms in total. The Bertz CT molecular complexity index is 513. The molecule has 1 aliphatic carbocycles. The van der Waals surface area contributed by atoms with Gasteiger partial charge in [-0.25, -0.2) is 13.1 Å². The molecule has 106 valence electrons. The van der Waals surface area contributed by atoms with E-state index in [1.807, 2.05) is 0 Å². The van der Waals surface area contributed by atoms with Gasteiger partial charge in [0.05, 0.1) is 4.90 Å². The van der Waals surface area contributed by atoms with Crippen molar-refractivity contribution >= 4 is 10.0 Å². The van der Waals surface area contributed by atoms with Crippen LogP contribution in [0.5, 0.6) is 5.75 Å². The van der Waals surface area contributed by atoms with Crippen LogP contribution in [0, 0.1) is 0 Å². The molecule has 6 heteroatoms. The lowest BCUT2D eigenvalue weighted by atomic mass is 9.93. The van der Waals surface area contributed by atoms with Crippen LogP contribution in [-0.4, -0.2) is 27.6 Å². The summed E-state index contributed by atoms with van der Waals surface area (Å²) in [5.41, 5.74) is 6.02. The number of benzene rings is 1. The first-order valence-electron chi connectivity index (χ1n) is 6.49.